The predicted octanol–water partition coefficient (Wildman–Crippen LogP) is 2.23. The molecule has 0 aliphatic carbocycles. The van der Waals surface area contributed by atoms with Gasteiger partial charge in [-0.2, -0.15) is 13.2 Å². The van der Waals surface area contributed by atoms with E-state index in [0.717, 1.165) is 0 Å². The summed E-state index contributed by atoms with van der Waals surface area (Å²) in [5.41, 5.74) is 5.27. The zero-order valence-electron chi connectivity index (χ0n) is 5.48. The van der Waals surface area contributed by atoms with Crippen LogP contribution in [0.4, 0.5) is 13.2 Å². The fraction of sp³-hybridized carbons (Fsp3) is 0.333. The second-order valence-corrected chi connectivity index (χ2v) is 2.89. The maximum absolute atomic E-state index is 12.0. The number of hydrogen-bond donors (Lipinski definition) is 1. The molecular weight excluding hydrogens is 175 g/mol. The first-order valence-corrected chi connectivity index (χ1v) is 3.77. The van der Waals surface area contributed by atoms with E-state index >= 15 is 0 Å². The number of nitrogens with two attached hydrogens (primary N) is 1. The molecular formula is C6H6F3NS. The van der Waals surface area contributed by atoms with Crippen molar-refractivity contribution < 1.29 is 13.2 Å². The number of hydrogen-bond acceptors (Lipinski definition) is 2. The molecule has 62 valence electrons. The van der Waals surface area contributed by atoms with Crippen molar-refractivity contribution in [3.63, 3.8) is 0 Å². The fourth-order valence-corrected chi connectivity index (χ4v) is 1.55. The summed E-state index contributed by atoms with van der Waals surface area (Å²) >= 11 is 0.676. The van der Waals surface area contributed by atoms with Gasteiger partial charge in [-0.1, -0.05) is 0 Å². The molecule has 0 bridgehead atoms. The molecule has 1 rings (SSSR count). The van der Waals surface area contributed by atoms with Crippen LogP contribution in [0.3, 0.4) is 0 Å². The number of alkyl halides is 3. The highest BCUT2D eigenvalue weighted by Gasteiger charge is 2.34. The molecule has 0 unspecified atom stereocenters. The largest absolute Gasteiger partial charge is 0.425 e. The highest BCUT2D eigenvalue weighted by molar-refractivity contribution is 7.10. The Morgan fingerprint density at radius 2 is 2.09 bits per heavy atom. The third kappa shape index (κ3) is 1.72. The standard InChI is InChI=1S/C6H6F3NS/c7-6(8,9)5-4(3-10)1-2-11-5/h1-2H,3,10H2. The monoisotopic (exact) mass is 181 g/mol. The van der Waals surface area contributed by atoms with E-state index in [1.165, 1.54) is 11.4 Å². The number of halogens is 3. The van der Waals surface area contributed by atoms with Crippen LogP contribution in [0.15, 0.2) is 11.4 Å². The molecule has 11 heavy (non-hydrogen) atoms. The first-order valence-electron chi connectivity index (χ1n) is 2.89. The van der Waals surface area contributed by atoms with Crippen molar-refractivity contribution in [2.45, 2.75) is 12.7 Å². The summed E-state index contributed by atoms with van der Waals surface area (Å²) in [6, 6.07) is 1.40. The predicted molar refractivity (Wildman–Crippen MR) is 37.2 cm³/mol. The van der Waals surface area contributed by atoms with E-state index in [1.54, 1.807) is 0 Å². The van der Waals surface area contributed by atoms with Gasteiger partial charge in [0.25, 0.3) is 0 Å². The van der Waals surface area contributed by atoms with Gasteiger partial charge < -0.3 is 5.73 Å². The van der Waals surface area contributed by atoms with Crippen LogP contribution in [-0.2, 0) is 12.7 Å². The normalized spacial score (nSPS) is 12.0. The molecule has 0 saturated carbocycles. The SMILES string of the molecule is NCc1ccsc1C(F)(F)F. The highest BCUT2D eigenvalue weighted by Crippen LogP contribution is 2.35. The van der Waals surface area contributed by atoms with Gasteiger partial charge >= 0.3 is 6.18 Å². The Labute approximate surface area is 65.6 Å². The van der Waals surface area contributed by atoms with E-state index in [2.05, 4.69) is 0 Å². The van der Waals surface area contributed by atoms with Crippen LogP contribution in [0.1, 0.15) is 10.4 Å². The summed E-state index contributed by atoms with van der Waals surface area (Å²) in [5.74, 6) is 0. The Morgan fingerprint density at radius 3 is 2.45 bits per heavy atom. The topological polar surface area (TPSA) is 26.0 Å². The Kier molecular flexibility index (Phi) is 2.20. The van der Waals surface area contributed by atoms with E-state index in [0.29, 0.717) is 11.3 Å². The number of rotatable bonds is 1. The lowest BCUT2D eigenvalue weighted by Gasteiger charge is -2.04. The molecule has 0 spiro atoms. The van der Waals surface area contributed by atoms with Gasteiger partial charge in [-0.05, 0) is 17.0 Å². The third-order valence-electron chi connectivity index (χ3n) is 1.22. The van der Waals surface area contributed by atoms with Gasteiger partial charge in [-0.3, -0.25) is 0 Å². The van der Waals surface area contributed by atoms with E-state index < -0.39 is 11.1 Å². The Balaban J connectivity index is 3.02. The summed E-state index contributed by atoms with van der Waals surface area (Å²) < 4.78 is 36.1. The lowest BCUT2D eigenvalue weighted by molar-refractivity contribution is -0.134. The average Bonchev–Trinajstić information content (AvgIpc) is 2.31. The molecule has 0 aromatic carbocycles. The van der Waals surface area contributed by atoms with Crippen molar-refractivity contribution in [1.29, 1.82) is 0 Å². The number of thiophene rings is 1. The first-order chi connectivity index (χ1) is 5.05. The minimum Gasteiger partial charge on any atom is -0.326 e. The molecule has 0 radical (unpaired) electrons. The maximum Gasteiger partial charge on any atom is 0.425 e. The van der Waals surface area contributed by atoms with Gasteiger partial charge in [-0.25, -0.2) is 0 Å². The van der Waals surface area contributed by atoms with Gasteiger partial charge in [0.15, 0.2) is 0 Å². The minimum atomic E-state index is -4.25. The van der Waals surface area contributed by atoms with E-state index in [4.69, 9.17) is 5.73 Å². The summed E-state index contributed by atoms with van der Waals surface area (Å²) in [7, 11) is 0. The molecule has 0 atom stereocenters. The van der Waals surface area contributed by atoms with Gasteiger partial charge in [0, 0.05) is 6.54 Å². The van der Waals surface area contributed by atoms with Crippen molar-refractivity contribution in [2.24, 2.45) is 5.73 Å². The van der Waals surface area contributed by atoms with Gasteiger partial charge in [0.1, 0.15) is 4.88 Å². The molecule has 2 N–H and O–H groups in total. The van der Waals surface area contributed by atoms with Crippen LogP contribution in [0.2, 0.25) is 0 Å². The van der Waals surface area contributed by atoms with Crippen molar-refractivity contribution in [1.82, 2.24) is 0 Å². The van der Waals surface area contributed by atoms with Crippen molar-refractivity contribution in [2.75, 3.05) is 0 Å². The highest BCUT2D eigenvalue weighted by atomic mass is 32.1. The molecule has 1 aromatic heterocycles. The lowest BCUT2D eigenvalue weighted by Crippen LogP contribution is -2.07. The minimum absolute atomic E-state index is 0.0572. The average molecular weight is 181 g/mol. The van der Waals surface area contributed by atoms with Crippen molar-refractivity contribution in [3.8, 4) is 0 Å². The van der Waals surface area contributed by atoms with Gasteiger partial charge in [0.05, 0.1) is 0 Å². The smallest absolute Gasteiger partial charge is 0.326 e. The molecule has 0 fully saturated rings. The van der Waals surface area contributed by atoms with Crippen molar-refractivity contribution in [3.05, 3.63) is 21.9 Å². The molecule has 5 heteroatoms. The molecule has 0 saturated heterocycles. The van der Waals surface area contributed by atoms with E-state index in [1.807, 2.05) is 0 Å². The Hall–Kier alpha value is -0.550. The second-order valence-electron chi connectivity index (χ2n) is 1.98. The van der Waals surface area contributed by atoms with Gasteiger partial charge in [0.2, 0.25) is 0 Å². The zero-order chi connectivity index (χ0) is 8.48. The third-order valence-corrected chi connectivity index (χ3v) is 2.23. The van der Waals surface area contributed by atoms with Crippen LogP contribution >= 0.6 is 11.3 Å². The lowest BCUT2D eigenvalue weighted by atomic mass is 10.2. The van der Waals surface area contributed by atoms with Crippen LogP contribution in [0, 0.1) is 0 Å². The fourth-order valence-electron chi connectivity index (χ4n) is 0.745. The van der Waals surface area contributed by atoms with Crippen LogP contribution in [0.25, 0.3) is 0 Å². The van der Waals surface area contributed by atoms with Gasteiger partial charge in [-0.15, -0.1) is 11.3 Å². The van der Waals surface area contributed by atoms with Crippen LogP contribution in [-0.4, -0.2) is 0 Å². The summed E-state index contributed by atoms with van der Waals surface area (Å²) in [4.78, 5) is -0.583. The van der Waals surface area contributed by atoms with E-state index in [-0.39, 0.29) is 12.1 Å². The first kappa shape index (κ1) is 8.55. The molecule has 1 aromatic rings. The maximum atomic E-state index is 12.0. The molecule has 1 heterocycles. The summed E-state index contributed by atoms with van der Waals surface area (Å²) in [5, 5.41) is 1.39. The van der Waals surface area contributed by atoms with Crippen LogP contribution < -0.4 is 5.73 Å². The van der Waals surface area contributed by atoms with Crippen molar-refractivity contribution >= 4 is 11.3 Å². The summed E-state index contributed by atoms with van der Waals surface area (Å²) in [6.45, 7) is -0.0572. The Morgan fingerprint density at radius 1 is 1.45 bits per heavy atom. The van der Waals surface area contributed by atoms with E-state index in [9.17, 15) is 13.2 Å². The summed E-state index contributed by atoms with van der Waals surface area (Å²) in [6.07, 6.45) is -4.25. The molecule has 0 aliphatic rings. The molecule has 0 amide bonds. The zero-order valence-corrected chi connectivity index (χ0v) is 6.30. The quantitative estimate of drug-likeness (QED) is 0.706. The van der Waals surface area contributed by atoms with Crippen LogP contribution in [0.5, 0.6) is 0 Å². The Bertz CT molecular complexity index is 240. The second kappa shape index (κ2) is 2.83. The molecule has 0 aliphatic heterocycles. The molecule has 1 nitrogen and oxygen atoms in total.